The first kappa shape index (κ1) is 13.4. The minimum atomic E-state index is -0.238. The molecule has 0 aromatic heterocycles. The maximum Gasteiger partial charge on any atom is 0.257 e. The van der Waals surface area contributed by atoms with E-state index in [1.165, 1.54) is 0 Å². The van der Waals surface area contributed by atoms with Gasteiger partial charge in [0, 0.05) is 12.1 Å². The Morgan fingerprint density at radius 2 is 2.24 bits per heavy atom. The first-order valence-corrected chi connectivity index (χ1v) is 5.81. The van der Waals surface area contributed by atoms with Crippen molar-refractivity contribution in [2.75, 3.05) is 13.7 Å². The van der Waals surface area contributed by atoms with Crippen molar-refractivity contribution in [1.29, 1.82) is 0 Å². The van der Waals surface area contributed by atoms with Crippen molar-refractivity contribution in [1.82, 2.24) is 10.6 Å². The maximum atomic E-state index is 11.8. The SMILES string of the molecule is CCCNC(=S)NC(=O)c1cccc(OC)c1. The predicted octanol–water partition coefficient (Wildman–Crippen LogP) is 1.71. The van der Waals surface area contributed by atoms with E-state index in [0.717, 1.165) is 13.0 Å². The molecule has 5 heteroatoms. The third-order valence-corrected chi connectivity index (χ3v) is 2.34. The van der Waals surface area contributed by atoms with Crippen molar-refractivity contribution < 1.29 is 9.53 Å². The van der Waals surface area contributed by atoms with E-state index in [0.29, 0.717) is 16.4 Å². The van der Waals surface area contributed by atoms with Crippen LogP contribution in [0.1, 0.15) is 23.7 Å². The van der Waals surface area contributed by atoms with Crippen LogP contribution in [0.5, 0.6) is 5.75 Å². The summed E-state index contributed by atoms with van der Waals surface area (Å²) in [5, 5.41) is 5.88. The molecule has 0 aliphatic rings. The summed E-state index contributed by atoms with van der Waals surface area (Å²) in [4.78, 5) is 11.8. The average Bonchev–Trinajstić information content (AvgIpc) is 2.36. The molecule has 0 saturated heterocycles. The number of benzene rings is 1. The number of hydrogen-bond acceptors (Lipinski definition) is 3. The van der Waals surface area contributed by atoms with Gasteiger partial charge in [0.15, 0.2) is 5.11 Å². The van der Waals surface area contributed by atoms with Gasteiger partial charge in [-0.05, 0) is 36.8 Å². The lowest BCUT2D eigenvalue weighted by Crippen LogP contribution is -2.39. The highest BCUT2D eigenvalue weighted by molar-refractivity contribution is 7.80. The molecule has 0 atom stereocenters. The smallest absolute Gasteiger partial charge is 0.257 e. The van der Waals surface area contributed by atoms with Gasteiger partial charge in [-0.2, -0.15) is 0 Å². The lowest BCUT2D eigenvalue weighted by molar-refractivity contribution is 0.0976. The first-order valence-electron chi connectivity index (χ1n) is 5.40. The molecule has 0 radical (unpaired) electrons. The number of thiocarbonyl (C=S) groups is 1. The summed E-state index contributed by atoms with van der Waals surface area (Å²) < 4.78 is 5.05. The molecular formula is C12H16N2O2S. The van der Waals surface area contributed by atoms with E-state index >= 15 is 0 Å². The van der Waals surface area contributed by atoms with Gasteiger partial charge in [0.25, 0.3) is 5.91 Å². The number of rotatable bonds is 4. The Morgan fingerprint density at radius 1 is 1.47 bits per heavy atom. The summed E-state index contributed by atoms with van der Waals surface area (Å²) in [6.45, 7) is 2.77. The van der Waals surface area contributed by atoms with Crippen LogP contribution in [0.3, 0.4) is 0 Å². The lowest BCUT2D eigenvalue weighted by atomic mass is 10.2. The van der Waals surface area contributed by atoms with E-state index in [1.54, 1.807) is 31.4 Å². The Kier molecular flexibility index (Phi) is 5.42. The normalized spacial score (nSPS) is 9.53. The Labute approximate surface area is 106 Å². The van der Waals surface area contributed by atoms with Crippen molar-refractivity contribution in [3.05, 3.63) is 29.8 Å². The monoisotopic (exact) mass is 252 g/mol. The van der Waals surface area contributed by atoms with E-state index < -0.39 is 0 Å². The van der Waals surface area contributed by atoms with Gasteiger partial charge in [-0.25, -0.2) is 0 Å². The van der Waals surface area contributed by atoms with E-state index in [-0.39, 0.29) is 5.91 Å². The van der Waals surface area contributed by atoms with Crippen molar-refractivity contribution >= 4 is 23.2 Å². The molecule has 1 rings (SSSR count). The van der Waals surface area contributed by atoms with E-state index in [2.05, 4.69) is 10.6 Å². The number of carbonyl (C=O) groups is 1. The molecule has 0 aliphatic heterocycles. The fourth-order valence-corrected chi connectivity index (χ4v) is 1.42. The quantitative estimate of drug-likeness (QED) is 0.801. The largest absolute Gasteiger partial charge is 0.497 e. The zero-order valence-corrected chi connectivity index (χ0v) is 10.8. The van der Waals surface area contributed by atoms with Gasteiger partial charge in [0.1, 0.15) is 5.75 Å². The second kappa shape index (κ2) is 6.85. The molecule has 17 heavy (non-hydrogen) atoms. The molecule has 0 heterocycles. The highest BCUT2D eigenvalue weighted by Crippen LogP contribution is 2.12. The van der Waals surface area contributed by atoms with Crippen molar-refractivity contribution in [3.8, 4) is 5.75 Å². The summed E-state index contributed by atoms with van der Waals surface area (Å²) in [6.07, 6.45) is 0.954. The van der Waals surface area contributed by atoms with Crippen LogP contribution < -0.4 is 15.4 Å². The van der Waals surface area contributed by atoms with Gasteiger partial charge in [-0.3, -0.25) is 10.1 Å². The highest BCUT2D eigenvalue weighted by atomic mass is 32.1. The topological polar surface area (TPSA) is 50.4 Å². The molecule has 92 valence electrons. The Bertz CT molecular complexity index is 407. The van der Waals surface area contributed by atoms with Gasteiger partial charge in [-0.1, -0.05) is 13.0 Å². The Hall–Kier alpha value is -1.62. The van der Waals surface area contributed by atoms with E-state index in [9.17, 15) is 4.79 Å². The lowest BCUT2D eigenvalue weighted by Gasteiger charge is -2.09. The number of nitrogens with one attached hydrogen (secondary N) is 2. The van der Waals surface area contributed by atoms with Crippen LogP contribution in [-0.2, 0) is 0 Å². The van der Waals surface area contributed by atoms with Crippen LogP contribution in [0, 0.1) is 0 Å². The molecular weight excluding hydrogens is 236 g/mol. The second-order valence-electron chi connectivity index (χ2n) is 3.44. The van der Waals surface area contributed by atoms with Crippen molar-refractivity contribution in [3.63, 3.8) is 0 Å². The molecule has 1 aromatic carbocycles. The van der Waals surface area contributed by atoms with Gasteiger partial charge >= 0.3 is 0 Å². The molecule has 0 fully saturated rings. The molecule has 0 spiro atoms. The number of amides is 1. The average molecular weight is 252 g/mol. The summed E-state index contributed by atoms with van der Waals surface area (Å²) >= 11 is 4.98. The summed E-state index contributed by atoms with van der Waals surface area (Å²) in [5.41, 5.74) is 0.519. The van der Waals surface area contributed by atoms with Crippen LogP contribution in [0.4, 0.5) is 0 Å². The zero-order chi connectivity index (χ0) is 12.7. The number of ether oxygens (including phenoxy) is 1. The maximum absolute atomic E-state index is 11.8. The van der Waals surface area contributed by atoms with E-state index in [1.807, 2.05) is 6.92 Å². The number of methoxy groups -OCH3 is 1. The molecule has 2 N–H and O–H groups in total. The molecule has 0 saturated carbocycles. The predicted molar refractivity (Wildman–Crippen MR) is 71.4 cm³/mol. The standard InChI is InChI=1S/C12H16N2O2S/c1-3-7-13-12(17)14-11(15)9-5-4-6-10(8-9)16-2/h4-6,8H,3,7H2,1-2H3,(H2,13,14,15,17). The molecule has 0 unspecified atom stereocenters. The van der Waals surface area contributed by atoms with Crippen LogP contribution in [-0.4, -0.2) is 24.7 Å². The summed E-state index contributed by atoms with van der Waals surface area (Å²) in [7, 11) is 1.56. The minimum absolute atomic E-state index is 0.238. The van der Waals surface area contributed by atoms with Crippen LogP contribution in [0.15, 0.2) is 24.3 Å². The highest BCUT2D eigenvalue weighted by Gasteiger charge is 2.07. The molecule has 0 bridgehead atoms. The van der Waals surface area contributed by atoms with Gasteiger partial charge < -0.3 is 10.1 Å². The fourth-order valence-electron chi connectivity index (χ4n) is 1.22. The van der Waals surface area contributed by atoms with E-state index in [4.69, 9.17) is 17.0 Å². The Balaban J connectivity index is 2.60. The minimum Gasteiger partial charge on any atom is -0.497 e. The third-order valence-electron chi connectivity index (χ3n) is 2.09. The molecule has 0 aliphatic carbocycles. The molecule has 4 nitrogen and oxygen atoms in total. The second-order valence-corrected chi connectivity index (χ2v) is 3.85. The van der Waals surface area contributed by atoms with Gasteiger partial charge in [0.05, 0.1) is 7.11 Å². The fraction of sp³-hybridized carbons (Fsp3) is 0.333. The van der Waals surface area contributed by atoms with Crippen LogP contribution in [0.25, 0.3) is 0 Å². The third kappa shape index (κ3) is 4.40. The number of carbonyl (C=O) groups excluding carboxylic acids is 1. The summed E-state index contributed by atoms with van der Waals surface area (Å²) in [5.74, 6) is 0.405. The first-order chi connectivity index (χ1) is 8.17. The Morgan fingerprint density at radius 3 is 2.88 bits per heavy atom. The number of hydrogen-bond donors (Lipinski definition) is 2. The van der Waals surface area contributed by atoms with Gasteiger partial charge in [0.2, 0.25) is 0 Å². The molecule has 1 aromatic rings. The van der Waals surface area contributed by atoms with Crippen LogP contribution in [0.2, 0.25) is 0 Å². The molecule has 1 amide bonds. The van der Waals surface area contributed by atoms with Crippen molar-refractivity contribution in [2.24, 2.45) is 0 Å². The van der Waals surface area contributed by atoms with Crippen molar-refractivity contribution in [2.45, 2.75) is 13.3 Å². The summed E-state index contributed by atoms with van der Waals surface area (Å²) in [6, 6.07) is 6.92. The van der Waals surface area contributed by atoms with Crippen LogP contribution >= 0.6 is 12.2 Å². The van der Waals surface area contributed by atoms with Gasteiger partial charge in [-0.15, -0.1) is 0 Å². The zero-order valence-electron chi connectivity index (χ0n) is 9.95.